The van der Waals surface area contributed by atoms with Gasteiger partial charge in [0.25, 0.3) is 0 Å². The molecule has 1 N–H and O–H groups in total. The van der Waals surface area contributed by atoms with Crippen LogP contribution in [0.3, 0.4) is 0 Å². The highest BCUT2D eigenvalue weighted by atomic mass is 16.3. The van der Waals surface area contributed by atoms with Gasteiger partial charge in [-0.2, -0.15) is 5.10 Å². The second-order valence-corrected chi connectivity index (χ2v) is 6.88. The molecule has 0 aromatic carbocycles. The van der Waals surface area contributed by atoms with E-state index in [9.17, 15) is 5.11 Å². The topological polar surface area (TPSA) is 72.0 Å². The van der Waals surface area contributed by atoms with Gasteiger partial charge in [-0.05, 0) is 25.1 Å². The number of pyridine rings is 1. The molecule has 26 heavy (non-hydrogen) atoms. The zero-order valence-corrected chi connectivity index (χ0v) is 15.2. The zero-order chi connectivity index (χ0) is 18.1. The molecule has 4 heterocycles. The summed E-state index contributed by atoms with van der Waals surface area (Å²) in [5, 5.41) is 15.2. The number of imidazole rings is 1. The lowest BCUT2D eigenvalue weighted by atomic mass is 10.2. The molecular formula is C19H24N6O. The van der Waals surface area contributed by atoms with E-state index in [1.165, 1.54) is 0 Å². The fourth-order valence-corrected chi connectivity index (χ4v) is 3.45. The van der Waals surface area contributed by atoms with Crippen molar-refractivity contribution in [1.29, 1.82) is 0 Å². The zero-order valence-electron chi connectivity index (χ0n) is 15.2. The maximum absolute atomic E-state index is 10.6. The average molecular weight is 352 g/mol. The molecule has 0 saturated heterocycles. The van der Waals surface area contributed by atoms with E-state index >= 15 is 0 Å². The standard InChI is InChI=1S/C19H24N6O/c1-14-4-3-5-15(21-14)6-8-24-10-11-25-16(13-24)12-17(22-25)18(26)19-20-7-9-23(19)2/h3-5,7,9,12,18,26H,6,8,10-11,13H2,1-2H3/t18-/m1/s1. The third kappa shape index (κ3) is 3.40. The lowest BCUT2D eigenvalue weighted by Crippen LogP contribution is -2.35. The van der Waals surface area contributed by atoms with Crippen LogP contribution in [-0.4, -0.2) is 47.4 Å². The molecule has 1 aliphatic rings. The molecule has 0 fully saturated rings. The quantitative estimate of drug-likeness (QED) is 0.753. The van der Waals surface area contributed by atoms with Gasteiger partial charge in [0.2, 0.25) is 0 Å². The lowest BCUT2D eigenvalue weighted by molar-refractivity contribution is 0.197. The Labute approximate surface area is 152 Å². The van der Waals surface area contributed by atoms with Crippen LogP contribution in [0.2, 0.25) is 0 Å². The van der Waals surface area contributed by atoms with E-state index in [0.717, 1.165) is 49.7 Å². The molecule has 0 aliphatic carbocycles. The van der Waals surface area contributed by atoms with Gasteiger partial charge in [-0.1, -0.05) is 6.07 Å². The second kappa shape index (κ2) is 7.01. The number of fused-ring (bicyclic) bond motifs is 1. The normalized spacial score (nSPS) is 15.8. The van der Waals surface area contributed by atoms with E-state index < -0.39 is 6.10 Å². The van der Waals surface area contributed by atoms with Crippen LogP contribution in [0.15, 0.2) is 36.7 Å². The van der Waals surface area contributed by atoms with Gasteiger partial charge in [0.1, 0.15) is 5.82 Å². The Morgan fingerprint density at radius 1 is 1.27 bits per heavy atom. The van der Waals surface area contributed by atoms with Gasteiger partial charge in [0, 0.05) is 56.9 Å². The van der Waals surface area contributed by atoms with E-state index in [-0.39, 0.29) is 0 Å². The highest BCUT2D eigenvalue weighted by Crippen LogP contribution is 2.22. The molecule has 0 saturated carbocycles. The van der Waals surface area contributed by atoms with E-state index in [2.05, 4.69) is 32.1 Å². The summed E-state index contributed by atoms with van der Waals surface area (Å²) in [4.78, 5) is 11.2. The highest BCUT2D eigenvalue weighted by molar-refractivity contribution is 5.19. The van der Waals surface area contributed by atoms with Gasteiger partial charge < -0.3 is 9.67 Å². The summed E-state index contributed by atoms with van der Waals surface area (Å²) in [5.41, 5.74) is 4.00. The summed E-state index contributed by atoms with van der Waals surface area (Å²) in [6.45, 7) is 5.63. The summed E-state index contributed by atoms with van der Waals surface area (Å²) in [6.07, 6.45) is 3.67. The molecule has 0 amide bonds. The molecule has 0 unspecified atom stereocenters. The summed E-state index contributed by atoms with van der Waals surface area (Å²) in [6, 6.07) is 8.17. The van der Waals surface area contributed by atoms with Crippen LogP contribution in [-0.2, 0) is 26.6 Å². The summed E-state index contributed by atoms with van der Waals surface area (Å²) < 4.78 is 3.83. The highest BCUT2D eigenvalue weighted by Gasteiger charge is 2.23. The number of aryl methyl sites for hydroxylation is 2. The van der Waals surface area contributed by atoms with Gasteiger partial charge in [-0.25, -0.2) is 4.98 Å². The molecule has 1 aliphatic heterocycles. The Hall–Kier alpha value is -2.51. The first-order chi connectivity index (χ1) is 12.6. The SMILES string of the molecule is Cc1cccc(CCN2CCn3nc([C@@H](O)c4nccn4C)cc3C2)n1. The Morgan fingerprint density at radius 2 is 2.15 bits per heavy atom. The van der Waals surface area contributed by atoms with Crippen LogP contribution < -0.4 is 0 Å². The third-order valence-electron chi connectivity index (χ3n) is 4.91. The van der Waals surface area contributed by atoms with Gasteiger partial charge in [0.15, 0.2) is 6.10 Å². The number of hydrogen-bond acceptors (Lipinski definition) is 5. The molecule has 136 valence electrons. The van der Waals surface area contributed by atoms with E-state index in [0.29, 0.717) is 11.5 Å². The van der Waals surface area contributed by atoms with Crippen molar-refractivity contribution in [1.82, 2.24) is 29.2 Å². The first-order valence-corrected chi connectivity index (χ1v) is 8.97. The van der Waals surface area contributed by atoms with Gasteiger partial charge in [-0.15, -0.1) is 0 Å². The van der Waals surface area contributed by atoms with Crippen molar-refractivity contribution in [3.8, 4) is 0 Å². The van der Waals surface area contributed by atoms with Crippen LogP contribution >= 0.6 is 0 Å². The van der Waals surface area contributed by atoms with E-state index in [4.69, 9.17) is 0 Å². The predicted molar refractivity (Wildman–Crippen MR) is 97.5 cm³/mol. The molecule has 0 bridgehead atoms. The van der Waals surface area contributed by atoms with Gasteiger partial charge in [-0.3, -0.25) is 14.6 Å². The van der Waals surface area contributed by atoms with Crippen LogP contribution in [0.4, 0.5) is 0 Å². The minimum atomic E-state index is -0.793. The number of aromatic nitrogens is 5. The van der Waals surface area contributed by atoms with Crippen molar-refractivity contribution in [3.05, 3.63) is 65.3 Å². The smallest absolute Gasteiger partial charge is 0.155 e. The molecule has 0 radical (unpaired) electrons. The summed E-state index contributed by atoms with van der Waals surface area (Å²) in [7, 11) is 1.88. The van der Waals surface area contributed by atoms with Gasteiger partial charge in [0.05, 0.1) is 17.9 Å². The van der Waals surface area contributed by atoms with Crippen molar-refractivity contribution in [2.45, 2.75) is 32.5 Å². The van der Waals surface area contributed by atoms with E-state index in [1.54, 1.807) is 6.20 Å². The first-order valence-electron chi connectivity index (χ1n) is 8.97. The fraction of sp³-hybridized carbons (Fsp3) is 0.421. The fourth-order valence-electron chi connectivity index (χ4n) is 3.45. The number of nitrogens with zero attached hydrogens (tertiary/aromatic N) is 6. The molecule has 1 atom stereocenters. The Balaban J connectivity index is 1.42. The van der Waals surface area contributed by atoms with Crippen molar-refractivity contribution >= 4 is 0 Å². The summed E-state index contributed by atoms with van der Waals surface area (Å²) >= 11 is 0. The molecule has 4 rings (SSSR count). The number of aliphatic hydroxyl groups excluding tert-OH is 1. The monoisotopic (exact) mass is 352 g/mol. The van der Waals surface area contributed by atoms with Crippen LogP contribution in [0.1, 0.15) is 34.7 Å². The third-order valence-corrected chi connectivity index (χ3v) is 4.91. The molecule has 7 heteroatoms. The molecular weight excluding hydrogens is 328 g/mol. The molecule has 0 spiro atoms. The minimum absolute atomic E-state index is 0.614. The Morgan fingerprint density at radius 3 is 2.92 bits per heavy atom. The van der Waals surface area contributed by atoms with Crippen molar-refractivity contribution < 1.29 is 5.11 Å². The van der Waals surface area contributed by atoms with Crippen LogP contribution in [0.5, 0.6) is 0 Å². The molecule has 7 nitrogen and oxygen atoms in total. The number of rotatable bonds is 5. The van der Waals surface area contributed by atoms with Crippen molar-refractivity contribution in [2.24, 2.45) is 7.05 Å². The number of aliphatic hydroxyl groups is 1. The molecule has 3 aromatic rings. The lowest BCUT2D eigenvalue weighted by Gasteiger charge is -2.27. The average Bonchev–Trinajstić information content (AvgIpc) is 3.25. The second-order valence-electron chi connectivity index (χ2n) is 6.88. The van der Waals surface area contributed by atoms with E-state index in [1.807, 2.05) is 41.5 Å². The van der Waals surface area contributed by atoms with Crippen molar-refractivity contribution in [2.75, 3.05) is 13.1 Å². The van der Waals surface area contributed by atoms with Crippen molar-refractivity contribution in [3.63, 3.8) is 0 Å². The minimum Gasteiger partial charge on any atom is -0.379 e. The predicted octanol–water partition coefficient (Wildman–Crippen LogP) is 1.46. The number of hydrogen-bond donors (Lipinski definition) is 1. The summed E-state index contributed by atoms with van der Waals surface area (Å²) in [5.74, 6) is 0.614. The maximum Gasteiger partial charge on any atom is 0.155 e. The van der Waals surface area contributed by atoms with Gasteiger partial charge >= 0.3 is 0 Å². The Kier molecular flexibility index (Phi) is 4.57. The van der Waals surface area contributed by atoms with Crippen LogP contribution in [0, 0.1) is 6.92 Å². The first kappa shape index (κ1) is 16.9. The molecule has 3 aromatic heterocycles. The van der Waals surface area contributed by atoms with Crippen LogP contribution in [0.25, 0.3) is 0 Å². The maximum atomic E-state index is 10.6. The largest absolute Gasteiger partial charge is 0.379 e. The Bertz CT molecular complexity index is 899.